The van der Waals surface area contributed by atoms with Crippen molar-refractivity contribution in [2.75, 3.05) is 21.3 Å². The predicted octanol–water partition coefficient (Wildman–Crippen LogP) is 5.60. The second-order valence-electron chi connectivity index (χ2n) is 12.4. The summed E-state index contributed by atoms with van der Waals surface area (Å²) in [5.74, 6) is -4.08. The van der Waals surface area contributed by atoms with E-state index in [9.17, 15) is 55.3 Å². The molecule has 0 radical (unpaired) electrons. The number of aryl methyl sites for hydroxylation is 2. The Morgan fingerprint density at radius 2 is 0.857 bits per heavy atom. The van der Waals surface area contributed by atoms with Crippen LogP contribution in [0.25, 0.3) is 21.5 Å². The number of anilines is 4. The second-order valence-corrected chi connectivity index (χ2v) is 15.2. The molecule has 0 fully saturated rings. The smallest absolute Gasteiger partial charge is 0.314 e. The fraction of sp³-hybridized carbons (Fsp3) is 0.0526. The minimum absolute atomic E-state index is 0.0167. The number of carbonyl (C=O) groups excluding carboxylic acids is 4. The first-order valence-electron chi connectivity index (χ1n) is 16.2. The Morgan fingerprint density at radius 1 is 0.482 bits per heavy atom. The first kappa shape index (κ1) is 38.9. The van der Waals surface area contributed by atoms with Crippen LogP contribution < -0.4 is 21.3 Å². The summed E-state index contributed by atoms with van der Waals surface area (Å²) in [5.41, 5.74) is 1.56. The third-order valence-electron chi connectivity index (χ3n) is 8.69. The van der Waals surface area contributed by atoms with Crippen LogP contribution in [0.3, 0.4) is 0 Å². The summed E-state index contributed by atoms with van der Waals surface area (Å²) in [6.07, 6.45) is 0. The van der Waals surface area contributed by atoms with E-state index in [4.69, 9.17) is 0 Å². The van der Waals surface area contributed by atoms with E-state index in [1.807, 2.05) is 0 Å². The quantitative estimate of drug-likeness (QED) is 0.0691. The number of nitrogens with one attached hydrogen (secondary N) is 4. The van der Waals surface area contributed by atoms with Gasteiger partial charge in [-0.25, -0.2) is 0 Å². The molecule has 0 aliphatic carbocycles. The molecule has 18 heteroatoms. The lowest BCUT2D eigenvalue weighted by Gasteiger charge is -2.14. The van der Waals surface area contributed by atoms with Crippen molar-refractivity contribution in [3.63, 3.8) is 0 Å². The predicted molar refractivity (Wildman–Crippen MR) is 206 cm³/mol. The molecule has 0 aliphatic heterocycles. The van der Waals surface area contributed by atoms with Gasteiger partial charge in [-0.15, -0.1) is 0 Å². The average molecular weight is 799 g/mol. The number of fused-ring (bicyclic) bond motifs is 2. The Labute approximate surface area is 318 Å². The van der Waals surface area contributed by atoms with E-state index in [-0.39, 0.29) is 66.9 Å². The molecule has 0 atom stereocenters. The van der Waals surface area contributed by atoms with Crippen LogP contribution in [0.4, 0.5) is 22.7 Å². The molecule has 0 saturated heterocycles. The minimum atomic E-state index is -4.64. The van der Waals surface area contributed by atoms with Crippen molar-refractivity contribution in [2.45, 2.75) is 23.6 Å². The van der Waals surface area contributed by atoms with Crippen LogP contribution in [0.2, 0.25) is 0 Å². The lowest BCUT2D eigenvalue weighted by Crippen LogP contribution is -2.29. The van der Waals surface area contributed by atoms with Gasteiger partial charge in [0.1, 0.15) is 21.3 Å². The third-order valence-corrected chi connectivity index (χ3v) is 10.5. The van der Waals surface area contributed by atoms with E-state index < -0.39 is 53.7 Å². The van der Waals surface area contributed by atoms with Crippen LogP contribution in [0, 0.1) is 13.8 Å². The number of carbonyl (C=O) groups is 4. The van der Waals surface area contributed by atoms with Gasteiger partial charge in [-0.3, -0.25) is 28.3 Å². The van der Waals surface area contributed by atoms with E-state index in [0.717, 1.165) is 24.3 Å². The fourth-order valence-electron chi connectivity index (χ4n) is 6.02. The van der Waals surface area contributed by atoms with Gasteiger partial charge >= 0.3 is 11.8 Å². The van der Waals surface area contributed by atoms with Gasteiger partial charge in [-0.1, -0.05) is 24.3 Å². The highest BCUT2D eigenvalue weighted by molar-refractivity contribution is 7.86. The van der Waals surface area contributed by atoms with Crippen LogP contribution >= 0.6 is 0 Å². The molecule has 0 saturated carbocycles. The largest absolute Gasteiger partial charge is 0.507 e. The lowest BCUT2D eigenvalue weighted by molar-refractivity contribution is -0.133. The van der Waals surface area contributed by atoms with Gasteiger partial charge in [0, 0.05) is 44.0 Å². The minimum Gasteiger partial charge on any atom is -0.507 e. The molecule has 0 aliphatic rings. The number of hydrogen-bond acceptors (Lipinski definition) is 10. The first-order valence-corrected chi connectivity index (χ1v) is 19.1. The highest BCUT2D eigenvalue weighted by Gasteiger charge is 2.22. The average Bonchev–Trinajstić information content (AvgIpc) is 3.12. The summed E-state index contributed by atoms with van der Waals surface area (Å²) in [5, 5.41) is 31.0. The van der Waals surface area contributed by atoms with Gasteiger partial charge in [0.2, 0.25) is 0 Å². The Morgan fingerprint density at radius 3 is 1.20 bits per heavy atom. The molecule has 286 valence electrons. The fourth-order valence-corrected chi connectivity index (χ4v) is 7.39. The molecule has 0 unspecified atom stereocenters. The molecule has 16 nitrogen and oxygen atoms in total. The standard InChI is InChI=1S/C38H30N4O12S2/c1-19-17-21(35(45)41-27-7-3-5-23-31(55(49,50)51)15-13-29(43)33(23)27)9-11-25(19)39-37(47)38(48)40-26-12-10-22(18-20(26)2)36(46)42-28-8-4-6-24-32(56(52,53)54)16-14-30(44)34(24)28/h3-18,43-44H,1-2H3,(H,39,47)(H,40,48)(H,41,45)(H,42,46)(H,49,50,51)(H,52,53,54). The Kier molecular flexibility index (Phi) is 10.2. The van der Waals surface area contributed by atoms with Crippen LogP contribution in [-0.4, -0.2) is 59.8 Å². The molecule has 4 amide bonds. The molecule has 8 N–H and O–H groups in total. The number of aromatic hydroxyl groups is 2. The maximum Gasteiger partial charge on any atom is 0.314 e. The maximum atomic E-state index is 13.2. The van der Waals surface area contributed by atoms with Gasteiger partial charge in [-0.05, 0) is 97.8 Å². The Hall–Kier alpha value is -6.86. The first-order chi connectivity index (χ1) is 26.3. The van der Waals surface area contributed by atoms with Crippen molar-refractivity contribution in [1.82, 2.24) is 0 Å². The molecule has 0 heterocycles. The molecule has 0 bridgehead atoms. The van der Waals surface area contributed by atoms with Gasteiger partial charge in [0.05, 0.1) is 11.4 Å². The van der Waals surface area contributed by atoms with Crippen LogP contribution in [-0.2, 0) is 29.8 Å². The van der Waals surface area contributed by atoms with Crippen molar-refractivity contribution in [2.24, 2.45) is 0 Å². The summed E-state index contributed by atoms with van der Waals surface area (Å²) in [4.78, 5) is 51.2. The number of rotatable bonds is 8. The highest BCUT2D eigenvalue weighted by Crippen LogP contribution is 2.37. The molecule has 56 heavy (non-hydrogen) atoms. The van der Waals surface area contributed by atoms with Crippen molar-refractivity contribution in [3.8, 4) is 11.5 Å². The van der Waals surface area contributed by atoms with Crippen molar-refractivity contribution < 1.29 is 55.3 Å². The van der Waals surface area contributed by atoms with E-state index in [0.29, 0.717) is 11.1 Å². The van der Waals surface area contributed by atoms with Crippen LogP contribution in [0.5, 0.6) is 11.5 Å². The normalized spacial score (nSPS) is 11.6. The zero-order valence-electron chi connectivity index (χ0n) is 29.1. The van der Waals surface area contributed by atoms with Gasteiger partial charge in [-0.2, -0.15) is 16.8 Å². The Balaban J connectivity index is 1.12. The third kappa shape index (κ3) is 7.84. The van der Waals surface area contributed by atoms with Crippen molar-refractivity contribution >= 4 is 88.2 Å². The summed E-state index contributed by atoms with van der Waals surface area (Å²) >= 11 is 0. The Bertz CT molecular complexity index is 2700. The van der Waals surface area contributed by atoms with Gasteiger partial charge < -0.3 is 31.5 Å². The number of amides is 4. The number of benzene rings is 6. The van der Waals surface area contributed by atoms with Crippen LogP contribution in [0.1, 0.15) is 31.8 Å². The lowest BCUT2D eigenvalue weighted by atomic mass is 10.1. The molecule has 6 rings (SSSR count). The maximum absolute atomic E-state index is 13.2. The van der Waals surface area contributed by atoms with E-state index in [1.54, 1.807) is 13.8 Å². The topological polar surface area (TPSA) is 266 Å². The van der Waals surface area contributed by atoms with Gasteiger partial charge in [0.15, 0.2) is 0 Å². The zero-order valence-corrected chi connectivity index (χ0v) is 30.7. The molecular formula is C38H30N4O12S2. The summed E-state index contributed by atoms with van der Waals surface area (Å²) in [6, 6.07) is 21.0. The summed E-state index contributed by atoms with van der Waals surface area (Å²) < 4.78 is 66.6. The molecule has 0 aromatic heterocycles. The molecule has 0 spiro atoms. The highest BCUT2D eigenvalue weighted by atomic mass is 32.2. The number of hydrogen-bond donors (Lipinski definition) is 8. The van der Waals surface area contributed by atoms with E-state index in [1.165, 1.54) is 72.8 Å². The van der Waals surface area contributed by atoms with Crippen LogP contribution in [0.15, 0.2) is 107 Å². The van der Waals surface area contributed by atoms with Crippen molar-refractivity contribution in [1.29, 1.82) is 0 Å². The second kappa shape index (κ2) is 14.8. The van der Waals surface area contributed by atoms with E-state index >= 15 is 0 Å². The molecular weight excluding hydrogens is 769 g/mol. The molecule has 6 aromatic rings. The molecule has 6 aromatic carbocycles. The van der Waals surface area contributed by atoms with Crippen molar-refractivity contribution in [3.05, 3.63) is 119 Å². The number of phenolic OH excluding ortho intramolecular Hbond substituents is 2. The number of phenols is 2. The van der Waals surface area contributed by atoms with E-state index in [2.05, 4.69) is 21.3 Å². The SMILES string of the molecule is Cc1cc(C(=O)Nc2cccc3c(S(=O)(=O)O)ccc(O)c23)ccc1NC(=O)C(=O)Nc1ccc(C(=O)Nc2cccc3c(S(=O)(=O)O)ccc(O)c23)cc1C. The monoisotopic (exact) mass is 798 g/mol. The summed E-state index contributed by atoms with van der Waals surface area (Å²) in [7, 11) is -9.29. The summed E-state index contributed by atoms with van der Waals surface area (Å²) in [6.45, 7) is 3.15. The zero-order chi connectivity index (χ0) is 40.7. The van der Waals surface area contributed by atoms with Gasteiger partial charge in [0.25, 0.3) is 32.1 Å².